The van der Waals surface area contributed by atoms with Crippen molar-refractivity contribution in [1.82, 2.24) is 19.8 Å². The van der Waals surface area contributed by atoms with Gasteiger partial charge in [0.15, 0.2) is 0 Å². The Kier molecular flexibility index (Phi) is 6.26. The molecule has 1 aliphatic carbocycles. The second-order valence-corrected chi connectivity index (χ2v) is 8.89. The monoisotopic (exact) mass is 396 g/mol. The summed E-state index contributed by atoms with van der Waals surface area (Å²) in [6.07, 6.45) is 12.1. The van der Waals surface area contributed by atoms with Crippen LogP contribution in [-0.4, -0.2) is 46.2 Å². The van der Waals surface area contributed by atoms with E-state index in [0.29, 0.717) is 11.6 Å². The third kappa shape index (κ3) is 4.51. The molecule has 1 aromatic carbocycles. The van der Waals surface area contributed by atoms with Gasteiger partial charge in [0.2, 0.25) is 0 Å². The van der Waals surface area contributed by atoms with Crippen LogP contribution in [0.15, 0.2) is 30.6 Å². The molecule has 2 fully saturated rings. The number of nitrogens with one attached hydrogen (secondary N) is 1. The maximum absolute atomic E-state index is 5.64. The van der Waals surface area contributed by atoms with Crippen molar-refractivity contribution in [2.45, 2.75) is 77.0 Å². The van der Waals surface area contributed by atoms with Crippen LogP contribution in [0.5, 0.6) is 5.75 Å². The zero-order valence-electron chi connectivity index (χ0n) is 18.3. The quantitative estimate of drug-likeness (QED) is 0.764. The summed E-state index contributed by atoms with van der Waals surface area (Å²) in [5.41, 5.74) is 3.00. The second-order valence-electron chi connectivity index (χ2n) is 8.89. The van der Waals surface area contributed by atoms with Crippen LogP contribution in [0.2, 0.25) is 0 Å². The maximum Gasteiger partial charge on any atom is 0.123 e. The Balaban J connectivity index is 1.47. The van der Waals surface area contributed by atoms with Gasteiger partial charge in [0.1, 0.15) is 11.6 Å². The van der Waals surface area contributed by atoms with Gasteiger partial charge in [-0.25, -0.2) is 4.98 Å². The Hall–Kier alpha value is -1.85. The lowest BCUT2D eigenvalue weighted by Crippen LogP contribution is -2.41. The number of ether oxygens (including phenoxy) is 1. The van der Waals surface area contributed by atoms with Gasteiger partial charge in [-0.3, -0.25) is 4.90 Å². The van der Waals surface area contributed by atoms with Crippen molar-refractivity contribution in [3.8, 4) is 5.75 Å². The molecule has 1 N–H and O–H groups in total. The van der Waals surface area contributed by atoms with E-state index in [0.717, 1.165) is 37.8 Å². The summed E-state index contributed by atoms with van der Waals surface area (Å²) in [5, 5.41) is 3.92. The van der Waals surface area contributed by atoms with Crippen LogP contribution in [0.1, 0.15) is 62.4 Å². The summed E-state index contributed by atoms with van der Waals surface area (Å²) in [4.78, 5) is 7.01. The molecule has 2 aliphatic rings. The van der Waals surface area contributed by atoms with E-state index in [1.165, 1.54) is 49.7 Å². The predicted octanol–water partition coefficient (Wildman–Crippen LogP) is 4.14. The van der Waals surface area contributed by atoms with Gasteiger partial charge in [-0.1, -0.05) is 32.3 Å². The molecular formula is C24H36N4O. The van der Waals surface area contributed by atoms with Gasteiger partial charge in [-0.15, -0.1) is 0 Å². The van der Waals surface area contributed by atoms with E-state index in [2.05, 4.69) is 44.9 Å². The first kappa shape index (κ1) is 20.4. The van der Waals surface area contributed by atoms with E-state index >= 15 is 0 Å². The number of rotatable bonds is 7. The van der Waals surface area contributed by atoms with Crippen molar-refractivity contribution in [2.75, 3.05) is 20.2 Å². The van der Waals surface area contributed by atoms with E-state index in [9.17, 15) is 0 Å². The number of aromatic nitrogens is 2. The highest BCUT2D eigenvalue weighted by Crippen LogP contribution is 2.37. The summed E-state index contributed by atoms with van der Waals surface area (Å²) in [6.45, 7) is 8.35. The van der Waals surface area contributed by atoms with E-state index < -0.39 is 0 Å². The molecular weight excluding hydrogens is 360 g/mol. The molecule has 2 aromatic rings. The average Bonchev–Trinajstić information content (AvgIpc) is 3.33. The molecule has 1 saturated heterocycles. The van der Waals surface area contributed by atoms with Crippen molar-refractivity contribution < 1.29 is 4.74 Å². The van der Waals surface area contributed by atoms with E-state index in [4.69, 9.17) is 4.74 Å². The lowest BCUT2D eigenvalue weighted by molar-refractivity contribution is 0.188. The van der Waals surface area contributed by atoms with Gasteiger partial charge < -0.3 is 14.6 Å². The standard InChI is InChI=1S/C24H36N4O/c1-4-27(22-15-24(26-16-22)10-6-5-7-11-24)17-20-8-9-23(29-3)21(14-20)18-28-13-12-25-19(28)2/h8-9,12-14,22,26H,4-7,10-11,15-18H2,1-3H3. The fraction of sp³-hybridized carbons (Fsp3) is 0.625. The van der Waals surface area contributed by atoms with E-state index in [1.54, 1.807) is 7.11 Å². The van der Waals surface area contributed by atoms with Crippen molar-refractivity contribution in [1.29, 1.82) is 0 Å². The Morgan fingerprint density at radius 3 is 2.79 bits per heavy atom. The first-order chi connectivity index (χ1) is 14.1. The smallest absolute Gasteiger partial charge is 0.123 e. The van der Waals surface area contributed by atoms with Crippen LogP contribution >= 0.6 is 0 Å². The zero-order chi connectivity index (χ0) is 20.3. The number of likely N-dealkylation sites (N-methyl/N-ethyl adjacent to an activating group) is 1. The number of imidazole rings is 1. The normalized spacial score (nSPS) is 21.2. The maximum atomic E-state index is 5.64. The molecule has 1 atom stereocenters. The first-order valence-electron chi connectivity index (χ1n) is 11.2. The first-order valence-corrected chi connectivity index (χ1v) is 11.2. The minimum atomic E-state index is 0.417. The van der Waals surface area contributed by atoms with Crippen LogP contribution in [-0.2, 0) is 13.1 Å². The Morgan fingerprint density at radius 2 is 2.10 bits per heavy atom. The molecule has 29 heavy (non-hydrogen) atoms. The molecule has 1 spiro atoms. The topological polar surface area (TPSA) is 42.3 Å². The zero-order valence-corrected chi connectivity index (χ0v) is 18.3. The lowest BCUT2D eigenvalue weighted by atomic mass is 9.80. The van der Waals surface area contributed by atoms with Crippen molar-refractivity contribution in [3.05, 3.63) is 47.5 Å². The summed E-state index contributed by atoms with van der Waals surface area (Å²) in [5.74, 6) is 1.98. The van der Waals surface area contributed by atoms with Crippen LogP contribution in [0.4, 0.5) is 0 Å². The van der Waals surface area contributed by atoms with Gasteiger partial charge in [-0.05, 0) is 50.4 Å². The number of nitrogens with zero attached hydrogens (tertiary/aromatic N) is 3. The molecule has 4 rings (SSSR count). The molecule has 1 saturated carbocycles. The highest BCUT2D eigenvalue weighted by Gasteiger charge is 2.40. The summed E-state index contributed by atoms with van der Waals surface area (Å²) < 4.78 is 7.81. The molecule has 0 bridgehead atoms. The highest BCUT2D eigenvalue weighted by atomic mass is 16.5. The molecule has 0 amide bonds. The van der Waals surface area contributed by atoms with Crippen LogP contribution in [0.25, 0.3) is 0 Å². The fourth-order valence-electron chi connectivity index (χ4n) is 5.34. The number of methoxy groups -OCH3 is 1. The van der Waals surface area contributed by atoms with Gasteiger partial charge in [0, 0.05) is 42.6 Å². The van der Waals surface area contributed by atoms with Crippen LogP contribution in [0.3, 0.4) is 0 Å². The molecule has 2 heterocycles. The minimum Gasteiger partial charge on any atom is -0.496 e. The molecule has 5 heteroatoms. The molecule has 0 radical (unpaired) electrons. The molecule has 5 nitrogen and oxygen atoms in total. The number of aryl methyl sites for hydroxylation is 1. The van der Waals surface area contributed by atoms with Crippen molar-refractivity contribution >= 4 is 0 Å². The summed E-state index contributed by atoms with van der Waals surface area (Å²) >= 11 is 0. The average molecular weight is 397 g/mol. The number of hydrogen-bond donors (Lipinski definition) is 1. The molecule has 158 valence electrons. The molecule has 1 aromatic heterocycles. The van der Waals surface area contributed by atoms with Crippen molar-refractivity contribution in [3.63, 3.8) is 0 Å². The molecule has 1 unspecified atom stereocenters. The summed E-state index contributed by atoms with van der Waals surface area (Å²) in [6, 6.07) is 7.31. The van der Waals surface area contributed by atoms with Gasteiger partial charge in [0.25, 0.3) is 0 Å². The largest absolute Gasteiger partial charge is 0.496 e. The highest BCUT2D eigenvalue weighted by molar-refractivity contribution is 5.37. The SMILES string of the molecule is CCN(Cc1ccc(OC)c(Cn2ccnc2C)c1)C1CNC2(CCCCC2)C1. The minimum absolute atomic E-state index is 0.417. The molecule has 1 aliphatic heterocycles. The van der Waals surface area contributed by atoms with Gasteiger partial charge in [0.05, 0.1) is 13.7 Å². The van der Waals surface area contributed by atoms with Crippen LogP contribution in [0, 0.1) is 6.92 Å². The van der Waals surface area contributed by atoms with Crippen LogP contribution < -0.4 is 10.1 Å². The Labute approximate surface area is 175 Å². The Bertz CT molecular complexity index is 809. The predicted molar refractivity (Wildman–Crippen MR) is 117 cm³/mol. The summed E-state index contributed by atoms with van der Waals surface area (Å²) in [7, 11) is 1.76. The lowest BCUT2D eigenvalue weighted by Gasteiger charge is -2.35. The fourth-order valence-corrected chi connectivity index (χ4v) is 5.34. The Morgan fingerprint density at radius 1 is 1.28 bits per heavy atom. The third-order valence-corrected chi connectivity index (χ3v) is 7.07. The number of benzene rings is 1. The van der Waals surface area contributed by atoms with Gasteiger partial charge in [-0.2, -0.15) is 0 Å². The van der Waals surface area contributed by atoms with E-state index in [1.807, 2.05) is 19.3 Å². The van der Waals surface area contributed by atoms with E-state index in [-0.39, 0.29) is 0 Å². The third-order valence-electron chi connectivity index (χ3n) is 7.07. The van der Waals surface area contributed by atoms with Crippen molar-refractivity contribution in [2.24, 2.45) is 0 Å². The van der Waals surface area contributed by atoms with Gasteiger partial charge >= 0.3 is 0 Å². The second kappa shape index (κ2) is 8.88. The number of hydrogen-bond acceptors (Lipinski definition) is 4.